The molecule has 23 heavy (non-hydrogen) atoms. The molecule has 2 N–H and O–H groups in total. The van der Waals surface area contributed by atoms with Crippen LogP contribution in [0.1, 0.15) is 50.1 Å². The number of nitrogens with two attached hydrogens (primary N) is 1. The van der Waals surface area contributed by atoms with E-state index >= 15 is 0 Å². The molecule has 1 unspecified atom stereocenters. The Labute approximate surface area is 143 Å². The smallest absolute Gasteiger partial charge is 0.226 e. The van der Waals surface area contributed by atoms with Gasteiger partial charge in [-0.2, -0.15) is 0 Å². The molecule has 128 valence electrons. The molecule has 1 saturated heterocycles. The fraction of sp³-hybridized carbons (Fsp3) is 0.611. The molecule has 0 bridgehead atoms. The summed E-state index contributed by atoms with van der Waals surface area (Å²) in [5.74, 6) is 0.466. The minimum absolute atomic E-state index is 0. The van der Waals surface area contributed by atoms with Gasteiger partial charge in [0.15, 0.2) is 0 Å². The Morgan fingerprint density at radius 2 is 1.87 bits per heavy atom. The van der Waals surface area contributed by atoms with Gasteiger partial charge in [0.05, 0.1) is 6.04 Å². The van der Waals surface area contributed by atoms with Gasteiger partial charge >= 0.3 is 0 Å². The summed E-state index contributed by atoms with van der Waals surface area (Å²) in [6, 6.07) is 6.72. The van der Waals surface area contributed by atoms with E-state index in [4.69, 9.17) is 5.73 Å². The summed E-state index contributed by atoms with van der Waals surface area (Å²) < 4.78 is 13.2. The second-order valence-corrected chi connectivity index (χ2v) is 6.63. The second kappa shape index (κ2) is 8.11. The van der Waals surface area contributed by atoms with Crippen LogP contribution >= 0.6 is 12.4 Å². The van der Waals surface area contributed by atoms with E-state index in [9.17, 15) is 9.18 Å². The third kappa shape index (κ3) is 3.86. The number of nitrogens with zero attached hydrogens (tertiary/aromatic N) is 1. The molecular weight excluding hydrogens is 315 g/mol. The maximum Gasteiger partial charge on any atom is 0.226 e. The van der Waals surface area contributed by atoms with Crippen LogP contribution in [0.3, 0.4) is 0 Å². The van der Waals surface area contributed by atoms with E-state index in [0.717, 1.165) is 50.6 Å². The van der Waals surface area contributed by atoms with Gasteiger partial charge in [-0.1, -0.05) is 18.6 Å². The van der Waals surface area contributed by atoms with Gasteiger partial charge in [-0.15, -0.1) is 12.4 Å². The highest BCUT2D eigenvalue weighted by Gasteiger charge is 2.38. The van der Waals surface area contributed by atoms with Gasteiger partial charge < -0.3 is 10.6 Å². The van der Waals surface area contributed by atoms with Gasteiger partial charge in [0.25, 0.3) is 0 Å². The van der Waals surface area contributed by atoms with Crippen molar-refractivity contribution in [3.8, 4) is 0 Å². The third-order valence-corrected chi connectivity index (χ3v) is 5.32. The Hall–Kier alpha value is -1.13. The third-order valence-electron chi connectivity index (χ3n) is 5.32. The number of carbonyl (C=O) groups excluding carboxylic acids is 1. The average Bonchev–Trinajstić information content (AvgIpc) is 3.03. The topological polar surface area (TPSA) is 46.3 Å². The van der Waals surface area contributed by atoms with Gasteiger partial charge in [0, 0.05) is 12.5 Å². The fourth-order valence-electron chi connectivity index (χ4n) is 4.08. The minimum atomic E-state index is -0.226. The molecule has 1 heterocycles. The molecule has 1 aliphatic carbocycles. The highest BCUT2D eigenvalue weighted by Crippen LogP contribution is 2.37. The standard InChI is InChI=1S/C18H25FN2O.ClH/c19-15-9-7-13(8-10-15)17-6-1-2-11-21(17)18(22)16-5-3-4-14(16)12-20;/h7-10,14,16-17H,1-6,11-12,20H2;1H/t14-,16-,17?;/m1./s1. The number of likely N-dealkylation sites (tertiary alicyclic amines) is 1. The lowest BCUT2D eigenvalue weighted by Crippen LogP contribution is -2.43. The van der Waals surface area contributed by atoms with Crippen LogP contribution < -0.4 is 5.73 Å². The van der Waals surface area contributed by atoms with Crippen LogP contribution in [0, 0.1) is 17.7 Å². The molecule has 3 atom stereocenters. The molecule has 2 aliphatic rings. The van der Waals surface area contributed by atoms with Crippen molar-refractivity contribution < 1.29 is 9.18 Å². The molecule has 0 aromatic heterocycles. The van der Waals surface area contributed by atoms with Gasteiger partial charge in [-0.25, -0.2) is 4.39 Å². The van der Waals surface area contributed by atoms with Crippen molar-refractivity contribution >= 4 is 18.3 Å². The number of hydrogen-bond donors (Lipinski definition) is 1. The first-order valence-electron chi connectivity index (χ1n) is 8.46. The van der Waals surface area contributed by atoms with Crippen molar-refractivity contribution in [1.82, 2.24) is 4.90 Å². The molecule has 3 rings (SSSR count). The van der Waals surface area contributed by atoms with E-state index in [1.54, 1.807) is 0 Å². The number of halogens is 2. The van der Waals surface area contributed by atoms with E-state index in [1.807, 2.05) is 17.0 Å². The summed E-state index contributed by atoms with van der Waals surface area (Å²) in [7, 11) is 0. The first kappa shape index (κ1) is 18.2. The quantitative estimate of drug-likeness (QED) is 0.912. The largest absolute Gasteiger partial charge is 0.335 e. The lowest BCUT2D eigenvalue weighted by molar-refractivity contribution is -0.140. The average molecular weight is 341 g/mol. The SMILES string of the molecule is Cl.NC[C@H]1CCC[C@H]1C(=O)N1CCCCC1c1ccc(F)cc1. The van der Waals surface area contributed by atoms with E-state index in [0.29, 0.717) is 12.5 Å². The highest BCUT2D eigenvalue weighted by atomic mass is 35.5. The predicted octanol–water partition coefficient (Wildman–Crippen LogP) is 3.68. The Balaban J connectivity index is 0.00000192. The van der Waals surface area contributed by atoms with E-state index < -0.39 is 0 Å². The van der Waals surface area contributed by atoms with E-state index in [1.165, 1.54) is 12.1 Å². The van der Waals surface area contributed by atoms with Gasteiger partial charge in [-0.05, 0) is 62.3 Å². The molecule has 5 heteroatoms. The molecule has 1 aromatic rings. The van der Waals surface area contributed by atoms with Gasteiger partial charge in [-0.3, -0.25) is 4.79 Å². The summed E-state index contributed by atoms with van der Waals surface area (Å²) in [5.41, 5.74) is 6.89. The number of carbonyl (C=O) groups is 1. The summed E-state index contributed by atoms with van der Waals surface area (Å²) in [4.78, 5) is 15.1. The van der Waals surface area contributed by atoms with E-state index in [-0.39, 0.29) is 36.1 Å². The van der Waals surface area contributed by atoms with Crippen LogP contribution in [0.15, 0.2) is 24.3 Å². The Morgan fingerprint density at radius 3 is 2.57 bits per heavy atom. The number of hydrogen-bond acceptors (Lipinski definition) is 2. The lowest BCUT2D eigenvalue weighted by Gasteiger charge is -2.38. The summed E-state index contributed by atoms with van der Waals surface area (Å²) in [5, 5.41) is 0. The van der Waals surface area contributed by atoms with E-state index in [2.05, 4.69) is 0 Å². The van der Waals surface area contributed by atoms with Crippen molar-refractivity contribution in [3.63, 3.8) is 0 Å². The molecule has 2 fully saturated rings. The molecule has 0 radical (unpaired) electrons. The zero-order valence-electron chi connectivity index (χ0n) is 13.4. The zero-order chi connectivity index (χ0) is 15.5. The Bertz CT molecular complexity index is 522. The maximum absolute atomic E-state index is 13.2. The minimum Gasteiger partial charge on any atom is -0.335 e. The predicted molar refractivity (Wildman–Crippen MR) is 91.8 cm³/mol. The number of piperidine rings is 1. The normalized spacial score (nSPS) is 27.6. The molecule has 3 nitrogen and oxygen atoms in total. The molecular formula is C18H26ClFN2O. The Morgan fingerprint density at radius 1 is 1.13 bits per heavy atom. The molecule has 1 saturated carbocycles. The number of rotatable bonds is 3. The summed E-state index contributed by atoms with van der Waals surface area (Å²) in [6.45, 7) is 1.42. The number of benzene rings is 1. The van der Waals surface area contributed by atoms with Crippen LogP contribution in [-0.4, -0.2) is 23.9 Å². The van der Waals surface area contributed by atoms with Crippen molar-refractivity contribution in [2.75, 3.05) is 13.1 Å². The summed E-state index contributed by atoms with van der Waals surface area (Å²) in [6.07, 6.45) is 6.29. The van der Waals surface area contributed by atoms with Crippen molar-refractivity contribution in [2.24, 2.45) is 17.6 Å². The van der Waals surface area contributed by atoms with Crippen LogP contribution in [0.5, 0.6) is 0 Å². The van der Waals surface area contributed by atoms with Gasteiger partial charge in [0.2, 0.25) is 5.91 Å². The maximum atomic E-state index is 13.2. The number of amides is 1. The highest BCUT2D eigenvalue weighted by molar-refractivity contribution is 5.85. The fourth-order valence-corrected chi connectivity index (χ4v) is 4.08. The zero-order valence-corrected chi connectivity index (χ0v) is 14.2. The van der Waals surface area contributed by atoms with Crippen LogP contribution in [0.4, 0.5) is 4.39 Å². The van der Waals surface area contributed by atoms with Crippen LogP contribution in [0.25, 0.3) is 0 Å². The molecule has 1 aliphatic heterocycles. The van der Waals surface area contributed by atoms with Crippen molar-refractivity contribution in [1.29, 1.82) is 0 Å². The van der Waals surface area contributed by atoms with Crippen molar-refractivity contribution in [3.05, 3.63) is 35.6 Å². The molecule has 1 aromatic carbocycles. The monoisotopic (exact) mass is 340 g/mol. The Kier molecular flexibility index (Phi) is 6.42. The summed E-state index contributed by atoms with van der Waals surface area (Å²) >= 11 is 0. The second-order valence-electron chi connectivity index (χ2n) is 6.63. The first-order valence-corrected chi connectivity index (χ1v) is 8.46. The van der Waals surface area contributed by atoms with Gasteiger partial charge in [0.1, 0.15) is 5.82 Å². The van der Waals surface area contributed by atoms with Crippen LogP contribution in [0.2, 0.25) is 0 Å². The lowest BCUT2D eigenvalue weighted by atomic mass is 9.90. The molecule has 0 spiro atoms. The first-order chi connectivity index (χ1) is 10.7. The van der Waals surface area contributed by atoms with Crippen molar-refractivity contribution in [2.45, 2.75) is 44.6 Å². The molecule has 1 amide bonds. The van der Waals surface area contributed by atoms with Crippen LogP contribution in [-0.2, 0) is 4.79 Å².